The van der Waals surface area contributed by atoms with E-state index in [1.807, 2.05) is 72.4 Å². The lowest BCUT2D eigenvalue weighted by atomic mass is 10.0. The Morgan fingerprint density at radius 1 is 1.12 bits per heavy atom. The maximum Gasteiger partial charge on any atom is 0.106 e. The molecule has 25 heavy (non-hydrogen) atoms. The molecule has 0 saturated heterocycles. The van der Waals surface area contributed by atoms with Crippen molar-refractivity contribution in [2.45, 2.75) is 18.6 Å². The number of aliphatic hydroxyl groups excluding tert-OH is 1. The summed E-state index contributed by atoms with van der Waals surface area (Å²) in [5.74, 6) is 0. The molecule has 2 heterocycles. The lowest BCUT2D eigenvalue weighted by molar-refractivity contribution is 0.161. The van der Waals surface area contributed by atoms with Gasteiger partial charge in [-0.15, -0.1) is 0 Å². The minimum Gasteiger partial charge on any atom is -0.386 e. The number of aliphatic hydroxyl groups is 1. The van der Waals surface area contributed by atoms with Gasteiger partial charge in [0.2, 0.25) is 0 Å². The molecule has 0 spiro atoms. The third kappa shape index (κ3) is 4.69. The number of nitrogens with one attached hydrogen (secondary N) is 1. The number of aromatic nitrogens is 2. The monoisotopic (exact) mass is 355 g/mol. The lowest BCUT2D eigenvalue weighted by Crippen LogP contribution is -2.29. The second-order valence-electron chi connectivity index (χ2n) is 6.11. The number of aryl methyl sites for hydroxylation is 1. The number of rotatable bonds is 7. The molecule has 0 aliphatic heterocycles. The highest BCUT2D eigenvalue weighted by molar-refractivity contribution is 6.30. The molecule has 0 unspecified atom stereocenters. The van der Waals surface area contributed by atoms with E-state index in [-0.39, 0.29) is 6.04 Å². The number of halogens is 1. The normalized spacial score (nSPS) is 13.6. The molecule has 0 aliphatic carbocycles. The highest BCUT2D eigenvalue weighted by atomic mass is 35.5. The largest absolute Gasteiger partial charge is 0.386 e. The van der Waals surface area contributed by atoms with Gasteiger partial charge in [-0.25, -0.2) is 0 Å². The highest BCUT2D eigenvalue weighted by Gasteiger charge is 2.17. The van der Waals surface area contributed by atoms with Crippen molar-refractivity contribution < 1.29 is 5.11 Å². The Hall–Kier alpha value is -2.14. The zero-order valence-electron chi connectivity index (χ0n) is 14.1. The minimum absolute atomic E-state index is 0.0114. The Kier molecular flexibility index (Phi) is 5.87. The first-order chi connectivity index (χ1) is 12.1. The summed E-state index contributed by atoms with van der Waals surface area (Å²) in [6.07, 6.45) is 3.92. The van der Waals surface area contributed by atoms with Crippen LogP contribution < -0.4 is 5.32 Å². The van der Waals surface area contributed by atoms with Crippen molar-refractivity contribution in [3.8, 4) is 0 Å². The summed E-state index contributed by atoms with van der Waals surface area (Å²) in [6, 6.07) is 17.6. The Morgan fingerprint density at radius 2 is 1.92 bits per heavy atom. The summed E-state index contributed by atoms with van der Waals surface area (Å²) in [4.78, 5) is 4.48. The molecule has 130 valence electrons. The van der Waals surface area contributed by atoms with Crippen molar-refractivity contribution in [3.05, 3.63) is 89.0 Å². The maximum absolute atomic E-state index is 10.5. The van der Waals surface area contributed by atoms with Gasteiger partial charge in [-0.1, -0.05) is 29.8 Å². The van der Waals surface area contributed by atoms with E-state index < -0.39 is 6.10 Å². The van der Waals surface area contributed by atoms with Crippen LogP contribution in [0.15, 0.2) is 67.0 Å². The van der Waals surface area contributed by atoms with Gasteiger partial charge >= 0.3 is 0 Å². The van der Waals surface area contributed by atoms with Crippen molar-refractivity contribution in [3.63, 3.8) is 0 Å². The smallest absolute Gasteiger partial charge is 0.106 e. The van der Waals surface area contributed by atoms with Crippen molar-refractivity contribution >= 4 is 11.6 Å². The van der Waals surface area contributed by atoms with Gasteiger partial charge in [0.25, 0.3) is 0 Å². The summed E-state index contributed by atoms with van der Waals surface area (Å²) < 4.78 is 1.93. The van der Waals surface area contributed by atoms with Crippen LogP contribution >= 0.6 is 11.6 Å². The van der Waals surface area contributed by atoms with E-state index in [4.69, 9.17) is 11.6 Å². The Morgan fingerprint density at radius 3 is 2.56 bits per heavy atom. The standard InChI is InChI=1S/C20H22ClN3O/c1-24-12-4-6-19(24)20(25)14-23-18(17-5-2-3-11-22-17)13-15-7-9-16(21)10-8-15/h2-12,18,20,23,25H,13-14H2,1H3/t18-,20-/m0/s1. The van der Waals surface area contributed by atoms with Crippen molar-refractivity contribution in [1.29, 1.82) is 0 Å². The average Bonchev–Trinajstić information content (AvgIpc) is 3.07. The van der Waals surface area contributed by atoms with Crippen LogP contribution in [0.25, 0.3) is 0 Å². The molecule has 1 aromatic carbocycles. The number of nitrogens with zero attached hydrogens (tertiary/aromatic N) is 2. The van der Waals surface area contributed by atoms with Crippen LogP contribution in [0.4, 0.5) is 0 Å². The van der Waals surface area contributed by atoms with Gasteiger partial charge in [-0.3, -0.25) is 4.98 Å². The molecule has 2 aromatic heterocycles. The van der Waals surface area contributed by atoms with E-state index in [1.54, 1.807) is 6.20 Å². The lowest BCUT2D eigenvalue weighted by Gasteiger charge is -2.21. The van der Waals surface area contributed by atoms with Gasteiger partial charge < -0.3 is 15.0 Å². The topological polar surface area (TPSA) is 50.1 Å². The second-order valence-corrected chi connectivity index (χ2v) is 6.54. The van der Waals surface area contributed by atoms with Crippen LogP contribution in [0.2, 0.25) is 5.02 Å². The van der Waals surface area contributed by atoms with Gasteiger partial charge in [0.05, 0.1) is 11.7 Å². The predicted octanol–water partition coefficient (Wildman–Crippen LogP) is 3.68. The van der Waals surface area contributed by atoms with Crippen molar-refractivity contribution in [2.24, 2.45) is 7.05 Å². The molecule has 2 atom stereocenters. The first-order valence-corrected chi connectivity index (χ1v) is 8.69. The summed E-state index contributed by atoms with van der Waals surface area (Å²) in [5.41, 5.74) is 3.01. The number of hydrogen-bond donors (Lipinski definition) is 2. The second kappa shape index (κ2) is 8.30. The quantitative estimate of drug-likeness (QED) is 0.679. The highest BCUT2D eigenvalue weighted by Crippen LogP contribution is 2.20. The summed E-state index contributed by atoms with van der Waals surface area (Å²) >= 11 is 5.98. The van der Waals surface area contributed by atoms with E-state index >= 15 is 0 Å². The van der Waals surface area contributed by atoms with Crippen LogP contribution in [0.1, 0.15) is 29.1 Å². The molecule has 0 saturated carbocycles. The van der Waals surface area contributed by atoms with Gasteiger partial charge in [0.1, 0.15) is 6.10 Å². The number of pyridine rings is 1. The van der Waals surface area contributed by atoms with Crippen LogP contribution in [0.3, 0.4) is 0 Å². The molecule has 0 fully saturated rings. The zero-order chi connectivity index (χ0) is 17.6. The van der Waals surface area contributed by atoms with Crippen LogP contribution in [-0.4, -0.2) is 21.2 Å². The molecule has 0 aliphatic rings. The molecule has 3 rings (SSSR count). The summed E-state index contributed by atoms with van der Waals surface area (Å²) in [5, 5.41) is 14.6. The zero-order valence-corrected chi connectivity index (χ0v) is 14.9. The average molecular weight is 356 g/mol. The molecule has 0 radical (unpaired) electrons. The van der Waals surface area contributed by atoms with Crippen LogP contribution in [0.5, 0.6) is 0 Å². The number of hydrogen-bond acceptors (Lipinski definition) is 3. The SMILES string of the molecule is Cn1cccc1[C@@H](O)CN[C@@H](Cc1ccc(Cl)cc1)c1ccccn1. The number of benzene rings is 1. The van der Waals surface area contributed by atoms with E-state index in [9.17, 15) is 5.11 Å². The first kappa shape index (κ1) is 17.7. The van der Waals surface area contributed by atoms with Gasteiger partial charge in [0, 0.05) is 36.7 Å². The van der Waals surface area contributed by atoms with Crippen LogP contribution in [0, 0.1) is 0 Å². The van der Waals surface area contributed by atoms with Crippen LogP contribution in [-0.2, 0) is 13.5 Å². The third-order valence-corrected chi connectivity index (χ3v) is 4.53. The molecular formula is C20H22ClN3O. The van der Waals surface area contributed by atoms with Gasteiger partial charge in [0.15, 0.2) is 0 Å². The van der Waals surface area contributed by atoms with Gasteiger partial charge in [-0.2, -0.15) is 0 Å². The van der Waals surface area contributed by atoms with E-state index in [0.29, 0.717) is 6.54 Å². The van der Waals surface area contributed by atoms with E-state index in [1.165, 1.54) is 5.56 Å². The molecule has 5 heteroatoms. The molecule has 0 bridgehead atoms. The van der Waals surface area contributed by atoms with E-state index in [0.717, 1.165) is 22.8 Å². The Balaban J connectivity index is 1.72. The van der Waals surface area contributed by atoms with Crippen molar-refractivity contribution in [2.75, 3.05) is 6.54 Å². The molecule has 2 N–H and O–H groups in total. The fraction of sp³-hybridized carbons (Fsp3) is 0.250. The Bertz CT molecular complexity index is 786. The fourth-order valence-corrected chi connectivity index (χ4v) is 3.02. The van der Waals surface area contributed by atoms with E-state index in [2.05, 4.69) is 10.3 Å². The maximum atomic E-state index is 10.5. The van der Waals surface area contributed by atoms with Crippen molar-refractivity contribution in [1.82, 2.24) is 14.9 Å². The Labute approximate surface area is 153 Å². The predicted molar refractivity (Wildman–Crippen MR) is 101 cm³/mol. The molecular weight excluding hydrogens is 334 g/mol. The molecule has 3 aromatic rings. The first-order valence-electron chi connectivity index (χ1n) is 8.31. The minimum atomic E-state index is -0.573. The molecule has 4 nitrogen and oxygen atoms in total. The molecule has 0 amide bonds. The third-order valence-electron chi connectivity index (χ3n) is 4.28. The fourth-order valence-electron chi connectivity index (χ4n) is 2.90. The summed E-state index contributed by atoms with van der Waals surface area (Å²) in [6.45, 7) is 0.451. The van der Waals surface area contributed by atoms with Gasteiger partial charge in [-0.05, 0) is 48.4 Å². The summed E-state index contributed by atoms with van der Waals surface area (Å²) in [7, 11) is 1.93.